The van der Waals surface area contributed by atoms with Crippen molar-refractivity contribution in [3.05, 3.63) is 63.9 Å². The van der Waals surface area contributed by atoms with Crippen molar-refractivity contribution in [3.63, 3.8) is 0 Å². The number of carbonyl (C=O) groups excluding carboxylic acids is 2. The molecule has 6 nitrogen and oxygen atoms in total. The van der Waals surface area contributed by atoms with E-state index in [1.54, 1.807) is 7.11 Å². The van der Waals surface area contributed by atoms with Gasteiger partial charge in [-0.25, -0.2) is 4.79 Å². The Kier molecular flexibility index (Phi) is 6.16. The standard InChI is InChI=1S/C21H24N2O4S/c1-14-11-17(16(3)23(14)15(2)12-26-4)19(24)13-27-21(25)20-18(7-10-28-20)22-8-5-6-9-22/h5-11,15H,12-13H2,1-4H3. The van der Waals surface area contributed by atoms with E-state index in [0.29, 0.717) is 17.0 Å². The number of ketones is 1. The lowest BCUT2D eigenvalue weighted by molar-refractivity contribution is 0.0479. The molecule has 0 spiro atoms. The highest BCUT2D eigenvalue weighted by Crippen LogP contribution is 2.24. The Balaban J connectivity index is 1.71. The fourth-order valence-corrected chi connectivity index (χ4v) is 4.26. The first kappa shape index (κ1) is 20.1. The van der Waals surface area contributed by atoms with Crippen molar-refractivity contribution in [1.29, 1.82) is 0 Å². The number of hydrogen-bond acceptors (Lipinski definition) is 5. The quantitative estimate of drug-likeness (QED) is 0.420. The van der Waals surface area contributed by atoms with Crippen LogP contribution in [0.2, 0.25) is 0 Å². The van der Waals surface area contributed by atoms with Gasteiger partial charge in [0.05, 0.1) is 18.3 Å². The van der Waals surface area contributed by atoms with Gasteiger partial charge in [-0.15, -0.1) is 11.3 Å². The number of nitrogens with zero attached hydrogens (tertiary/aromatic N) is 2. The van der Waals surface area contributed by atoms with Crippen molar-refractivity contribution in [2.75, 3.05) is 20.3 Å². The van der Waals surface area contributed by atoms with Crippen LogP contribution in [0, 0.1) is 13.8 Å². The van der Waals surface area contributed by atoms with E-state index in [-0.39, 0.29) is 18.4 Å². The monoisotopic (exact) mass is 400 g/mol. The van der Waals surface area contributed by atoms with E-state index in [4.69, 9.17) is 9.47 Å². The minimum Gasteiger partial charge on any atom is -0.453 e. The number of methoxy groups -OCH3 is 1. The summed E-state index contributed by atoms with van der Waals surface area (Å²) in [5.41, 5.74) is 3.15. The maximum atomic E-state index is 12.7. The summed E-state index contributed by atoms with van der Waals surface area (Å²) in [6, 6.07) is 7.58. The molecule has 0 bridgehead atoms. The van der Waals surface area contributed by atoms with Crippen LogP contribution >= 0.6 is 11.3 Å². The van der Waals surface area contributed by atoms with Crippen LogP contribution in [0.5, 0.6) is 0 Å². The van der Waals surface area contributed by atoms with Gasteiger partial charge >= 0.3 is 5.97 Å². The molecule has 28 heavy (non-hydrogen) atoms. The van der Waals surface area contributed by atoms with Crippen LogP contribution < -0.4 is 0 Å². The molecule has 0 aliphatic carbocycles. The molecule has 1 unspecified atom stereocenters. The lowest BCUT2D eigenvalue weighted by atomic mass is 10.1. The largest absolute Gasteiger partial charge is 0.453 e. The maximum Gasteiger partial charge on any atom is 0.350 e. The van der Waals surface area contributed by atoms with E-state index < -0.39 is 5.97 Å². The molecule has 3 heterocycles. The van der Waals surface area contributed by atoms with Crippen molar-refractivity contribution in [1.82, 2.24) is 9.13 Å². The molecule has 0 N–H and O–H groups in total. The van der Waals surface area contributed by atoms with Gasteiger partial charge in [0.25, 0.3) is 0 Å². The molecule has 0 saturated carbocycles. The molecule has 3 aromatic rings. The molecular formula is C21H24N2O4S. The second-order valence-corrected chi connectivity index (χ2v) is 7.60. The Morgan fingerprint density at radius 2 is 1.93 bits per heavy atom. The number of carbonyl (C=O) groups is 2. The highest BCUT2D eigenvalue weighted by molar-refractivity contribution is 7.12. The van der Waals surface area contributed by atoms with Crippen LogP contribution in [0.25, 0.3) is 5.69 Å². The molecule has 0 aliphatic rings. The summed E-state index contributed by atoms with van der Waals surface area (Å²) in [6.07, 6.45) is 3.72. The first-order valence-corrected chi connectivity index (χ1v) is 9.90. The summed E-state index contributed by atoms with van der Waals surface area (Å²) < 4.78 is 14.5. The number of aryl methyl sites for hydroxylation is 1. The SMILES string of the molecule is COCC(C)n1c(C)cc(C(=O)COC(=O)c2sccc2-n2cccc2)c1C. The number of hydrogen-bond donors (Lipinski definition) is 0. The molecule has 0 saturated heterocycles. The zero-order valence-corrected chi connectivity index (χ0v) is 17.3. The molecular weight excluding hydrogens is 376 g/mol. The third kappa shape index (κ3) is 3.95. The molecule has 0 aromatic carbocycles. The Bertz CT molecular complexity index is 969. The van der Waals surface area contributed by atoms with Crippen molar-refractivity contribution >= 4 is 23.1 Å². The van der Waals surface area contributed by atoms with E-state index in [1.807, 2.05) is 67.4 Å². The van der Waals surface area contributed by atoms with E-state index >= 15 is 0 Å². The molecule has 3 rings (SSSR count). The number of thiophene rings is 1. The maximum absolute atomic E-state index is 12.7. The van der Waals surface area contributed by atoms with E-state index in [2.05, 4.69) is 4.57 Å². The highest BCUT2D eigenvalue weighted by Gasteiger charge is 2.21. The van der Waals surface area contributed by atoms with Gasteiger partial charge in [0.15, 0.2) is 6.61 Å². The lowest BCUT2D eigenvalue weighted by Crippen LogP contribution is -2.17. The van der Waals surface area contributed by atoms with Gasteiger partial charge in [-0.1, -0.05) is 0 Å². The van der Waals surface area contributed by atoms with Gasteiger partial charge in [-0.2, -0.15) is 0 Å². The van der Waals surface area contributed by atoms with Crippen LogP contribution in [0.4, 0.5) is 0 Å². The number of ether oxygens (including phenoxy) is 2. The van der Waals surface area contributed by atoms with Gasteiger partial charge in [-0.3, -0.25) is 4.79 Å². The van der Waals surface area contributed by atoms with E-state index in [1.165, 1.54) is 11.3 Å². The first-order chi connectivity index (χ1) is 13.4. The summed E-state index contributed by atoms with van der Waals surface area (Å²) >= 11 is 1.30. The van der Waals surface area contributed by atoms with Crippen LogP contribution in [0.1, 0.15) is 44.4 Å². The molecule has 0 radical (unpaired) electrons. The summed E-state index contributed by atoms with van der Waals surface area (Å²) in [7, 11) is 1.66. The van der Waals surface area contributed by atoms with Crippen LogP contribution in [-0.2, 0) is 9.47 Å². The van der Waals surface area contributed by atoms with Gasteiger partial charge in [0.1, 0.15) is 4.88 Å². The minimum atomic E-state index is -0.492. The summed E-state index contributed by atoms with van der Waals surface area (Å²) in [5, 5.41) is 1.83. The molecule has 0 amide bonds. The normalized spacial score (nSPS) is 12.1. The Hall–Kier alpha value is -2.64. The fourth-order valence-electron chi connectivity index (χ4n) is 3.48. The Morgan fingerprint density at radius 3 is 2.61 bits per heavy atom. The predicted molar refractivity (Wildman–Crippen MR) is 109 cm³/mol. The lowest BCUT2D eigenvalue weighted by Gasteiger charge is -2.17. The molecule has 0 fully saturated rings. The summed E-state index contributed by atoms with van der Waals surface area (Å²) in [6.45, 7) is 6.16. The van der Waals surface area contributed by atoms with Gasteiger partial charge in [-0.05, 0) is 50.4 Å². The number of esters is 1. The summed E-state index contributed by atoms with van der Waals surface area (Å²) in [5.74, 6) is -0.704. The molecule has 1 atom stereocenters. The third-order valence-corrected chi connectivity index (χ3v) is 5.56. The van der Waals surface area contributed by atoms with Gasteiger partial charge in [0.2, 0.25) is 5.78 Å². The first-order valence-electron chi connectivity index (χ1n) is 9.02. The molecule has 7 heteroatoms. The zero-order chi connectivity index (χ0) is 20.3. The van der Waals surface area contributed by atoms with Crippen LogP contribution in [0.15, 0.2) is 42.0 Å². The average Bonchev–Trinajstić information content (AvgIpc) is 3.39. The number of rotatable bonds is 8. The molecule has 0 aliphatic heterocycles. The van der Waals surface area contributed by atoms with Crippen molar-refractivity contribution < 1.29 is 19.1 Å². The van der Waals surface area contributed by atoms with Crippen LogP contribution in [0.3, 0.4) is 0 Å². The van der Waals surface area contributed by atoms with Gasteiger partial charge in [0, 0.05) is 36.5 Å². The molecule has 3 aromatic heterocycles. The second-order valence-electron chi connectivity index (χ2n) is 6.68. The second kappa shape index (κ2) is 8.58. The van der Waals surface area contributed by atoms with Gasteiger partial charge < -0.3 is 18.6 Å². The van der Waals surface area contributed by atoms with Crippen LogP contribution in [-0.4, -0.2) is 41.2 Å². The Labute approximate surface area is 168 Å². The smallest absolute Gasteiger partial charge is 0.350 e. The van der Waals surface area contributed by atoms with Crippen molar-refractivity contribution in [3.8, 4) is 5.69 Å². The fraction of sp³-hybridized carbons (Fsp3) is 0.333. The zero-order valence-electron chi connectivity index (χ0n) is 16.5. The molecule has 148 valence electrons. The third-order valence-electron chi connectivity index (χ3n) is 4.68. The average molecular weight is 401 g/mol. The minimum absolute atomic E-state index is 0.115. The number of Topliss-reactive ketones (excluding diaryl/α,β-unsaturated/α-hetero) is 1. The van der Waals surface area contributed by atoms with Crippen molar-refractivity contribution in [2.24, 2.45) is 0 Å². The Morgan fingerprint density at radius 1 is 1.21 bits per heavy atom. The summed E-state index contributed by atoms with van der Waals surface area (Å²) in [4.78, 5) is 25.7. The highest BCUT2D eigenvalue weighted by atomic mass is 32.1. The topological polar surface area (TPSA) is 62.5 Å². The number of aromatic nitrogens is 2. The predicted octanol–water partition coefficient (Wildman–Crippen LogP) is 4.20. The van der Waals surface area contributed by atoms with Crippen molar-refractivity contribution in [2.45, 2.75) is 26.8 Å². The van der Waals surface area contributed by atoms with E-state index in [9.17, 15) is 9.59 Å². The van der Waals surface area contributed by atoms with E-state index in [0.717, 1.165) is 17.1 Å².